The van der Waals surface area contributed by atoms with E-state index in [4.69, 9.17) is 14.7 Å². The van der Waals surface area contributed by atoms with Crippen molar-refractivity contribution in [1.82, 2.24) is 0 Å². The van der Waals surface area contributed by atoms with Gasteiger partial charge in [0.1, 0.15) is 25.6 Å². The Morgan fingerprint density at radius 2 is 1.76 bits per heavy atom. The van der Waals surface area contributed by atoms with Crippen molar-refractivity contribution in [3.05, 3.63) is 78.1 Å². The van der Waals surface area contributed by atoms with E-state index in [2.05, 4.69) is 5.32 Å². The maximum atomic E-state index is 13.9. The lowest BCUT2D eigenvalue weighted by atomic mass is 10.1. The highest BCUT2D eigenvalue weighted by molar-refractivity contribution is 7.92. The molecule has 3 aromatic carbocycles. The monoisotopic (exact) mass is 481 g/mol. The predicted molar refractivity (Wildman–Crippen MR) is 123 cm³/mol. The second kappa shape index (κ2) is 9.80. The molecule has 0 aliphatic carbocycles. The molecule has 34 heavy (non-hydrogen) atoms. The fraction of sp³-hybridized carbons (Fsp3) is 0.167. The smallest absolute Gasteiger partial charge is 0.264 e. The number of benzene rings is 3. The fourth-order valence-electron chi connectivity index (χ4n) is 3.39. The maximum Gasteiger partial charge on any atom is 0.264 e. The lowest BCUT2D eigenvalue weighted by Crippen LogP contribution is -2.38. The summed E-state index contributed by atoms with van der Waals surface area (Å²) in [5.74, 6) is -0.583. The van der Waals surface area contributed by atoms with Crippen molar-refractivity contribution in [2.45, 2.75) is 11.3 Å². The molecule has 0 saturated carbocycles. The number of ether oxygens (including phenoxy) is 2. The first-order valence-corrected chi connectivity index (χ1v) is 11.7. The van der Waals surface area contributed by atoms with E-state index in [-0.39, 0.29) is 29.4 Å². The standard InChI is InChI=1S/C24H20FN3O5S/c25-18-2-1-3-20(14-18)28(16-24(29)27-19-6-4-17(5-7-19)10-11-26)34(30,31)21-8-9-22-23(15-21)33-13-12-32-22/h1-9,14-15H,10,12-13,16H2,(H,27,29). The number of sulfonamides is 1. The van der Waals surface area contributed by atoms with Gasteiger partial charge in [0.25, 0.3) is 10.0 Å². The summed E-state index contributed by atoms with van der Waals surface area (Å²) in [5, 5.41) is 11.4. The Kier molecular flexibility index (Phi) is 6.65. The van der Waals surface area contributed by atoms with E-state index in [0.29, 0.717) is 18.0 Å². The van der Waals surface area contributed by atoms with E-state index in [9.17, 15) is 17.6 Å². The number of rotatable bonds is 7. The summed E-state index contributed by atoms with van der Waals surface area (Å²) in [7, 11) is -4.27. The molecule has 174 valence electrons. The number of carbonyl (C=O) groups excluding carboxylic acids is 1. The van der Waals surface area contributed by atoms with Crippen LogP contribution in [0, 0.1) is 17.1 Å². The molecule has 10 heteroatoms. The van der Waals surface area contributed by atoms with Crippen LogP contribution in [0.25, 0.3) is 0 Å². The van der Waals surface area contributed by atoms with Gasteiger partial charge in [-0.3, -0.25) is 9.10 Å². The molecule has 1 aliphatic heterocycles. The summed E-state index contributed by atoms with van der Waals surface area (Å²) < 4.78 is 52.8. The Balaban J connectivity index is 1.63. The van der Waals surface area contributed by atoms with E-state index >= 15 is 0 Å². The summed E-state index contributed by atoms with van der Waals surface area (Å²) >= 11 is 0. The van der Waals surface area contributed by atoms with Crippen LogP contribution in [-0.4, -0.2) is 34.1 Å². The Labute approximate surface area is 196 Å². The van der Waals surface area contributed by atoms with Gasteiger partial charge >= 0.3 is 0 Å². The fourth-order valence-corrected chi connectivity index (χ4v) is 4.81. The zero-order valence-electron chi connectivity index (χ0n) is 17.9. The number of amides is 1. The van der Waals surface area contributed by atoms with Gasteiger partial charge in [0.15, 0.2) is 11.5 Å². The van der Waals surface area contributed by atoms with Gasteiger partial charge in [0.2, 0.25) is 5.91 Å². The van der Waals surface area contributed by atoms with Crippen LogP contribution in [0.15, 0.2) is 71.6 Å². The number of hydrogen-bond donors (Lipinski definition) is 1. The second-order valence-corrected chi connectivity index (χ2v) is 9.24. The van der Waals surface area contributed by atoms with Crippen LogP contribution in [0.1, 0.15) is 5.56 Å². The Bertz CT molecular complexity index is 1350. The molecule has 1 amide bonds. The van der Waals surface area contributed by atoms with Crippen LogP contribution in [0.2, 0.25) is 0 Å². The lowest BCUT2D eigenvalue weighted by molar-refractivity contribution is -0.114. The zero-order valence-corrected chi connectivity index (χ0v) is 18.7. The third kappa shape index (κ3) is 5.10. The highest BCUT2D eigenvalue weighted by Crippen LogP contribution is 2.34. The SMILES string of the molecule is N#CCc1ccc(NC(=O)CN(c2cccc(F)c2)S(=O)(=O)c2ccc3c(c2)OCCO3)cc1. The van der Waals surface area contributed by atoms with E-state index in [1.165, 1.54) is 36.4 Å². The van der Waals surface area contributed by atoms with Crippen molar-refractivity contribution in [2.75, 3.05) is 29.4 Å². The lowest BCUT2D eigenvalue weighted by Gasteiger charge is -2.25. The predicted octanol–water partition coefficient (Wildman–Crippen LogP) is 3.50. The van der Waals surface area contributed by atoms with Crippen molar-refractivity contribution >= 4 is 27.3 Å². The van der Waals surface area contributed by atoms with E-state index in [1.807, 2.05) is 6.07 Å². The van der Waals surface area contributed by atoms with Crippen LogP contribution in [-0.2, 0) is 21.2 Å². The highest BCUT2D eigenvalue weighted by Gasteiger charge is 2.29. The van der Waals surface area contributed by atoms with Gasteiger partial charge in [-0.15, -0.1) is 0 Å². The topological polar surface area (TPSA) is 109 Å². The maximum absolute atomic E-state index is 13.9. The Morgan fingerprint density at radius 3 is 2.47 bits per heavy atom. The van der Waals surface area contributed by atoms with Gasteiger partial charge < -0.3 is 14.8 Å². The summed E-state index contributed by atoms with van der Waals surface area (Å²) in [5.41, 5.74) is 1.21. The summed E-state index contributed by atoms with van der Waals surface area (Å²) in [6, 6.07) is 17.8. The van der Waals surface area contributed by atoms with Crippen molar-refractivity contribution < 1.29 is 27.1 Å². The van der Waals surface area contributed by atoms with Gasteiger partial charge in [0, 0.05) is 11.8 Å². The number of halogens is 1. The average molecular weight is 482 g/mol. The largest absolute Gasteiger partial charge is 0.486 e. The van der Waals surface area contributed by atoms with Crippen LogP contribution < -0.4 is 19.1 Å². The Morgan fingerprint density at radius 1 is 1.03 bits per heavy atom. The van der Waals surface area contributed by atoms with Crippen molar-refractivity contribution in [3.63, 3.8) is 0 Å². The summed E-state index contributed by atoms with van der Waals surface area (Å²) in [6.45, 7) is 0.0338. The number of fused-ring (bicyclic) bond motifs is 1. The third-order valence-corrected chi connectivity index (χ3v) is 6.78. The second-order valence-electron chi connectivity index (χ2n) is 7.38. The molecule has 0 unspecified atom stereocenters. The van der Waals surface area contributed by atoms with Crippen molar-refractivity contribution in [3.8, 4) is 17.6 Å². The first-order valence-electron chi connectivity index (χ1n) is 10.3. The minimum atomic E-state index is -4.27. The van der Waals surface area contributed by atoms with E-state index < -0.39 is 28.3 Å². The quantitative estimate of drug-likeness (QED) is 0.553. The number of anilines is 2. The molecule has 4 rings (SSSR count). The Hall–Kier alpha value is -4.10. The van der Waals surface area contributed by atoms with E-state index in [0.717, 1.165) is 15.9 Å². The molecule has 1 aliphatic rings. The number of hydrogen-bond acceptors (Lipinski definition) is 6. The minimum absolute atomic E-state index is 0.00518. The first kappa shape index (κ1) is 23.1. The number of nitriles is 1. The molecule has 0 fully saturated rings. The molecule has 1 heterocycles. The highest BCUT2D eigenvalue weighted by atomic mass is 32.2. The number of nitrogens with zero attached hydrogens (tertiary/aromatic N) is 2. The molecule has 0 bridgehead atoms. The molecule has 1 N–H and O–H groups in total. The normalized spacial score (nSPS) is 12.5. The van der Waals surface area contributed by atoms with Crippen molar-refractivity contribution in [2.24, 2.45) is 0 Å². The van der Waals surface area contributed by atoms with Crippen LogP contribution in [0.4, 0.5) is 15.8 Å². The van der Waals surface area contributed by atoms with Crippen LogP contribution >= 0.6 is 0 Å². The first-order chi connectivity index (χ1) is 16.4. The molecule has 8 nitrogen and oxygen atoms in total. The van der Waals surface area contributed by atoms with Gasteiger partial charge in [-0.2, -0.15) is 5.26 Å². The average Bonchev–Trinajstić information content (AvgIpc) is 2.83. The molecule has 3 aromatic rings. The summed E-state index contributed by atoms with van der Waals surface area (Å²) in [4.78, 5) is 12.7. The van der Waals surface area contributed by atoms with Crippen LogP contribution in [0.5, 0.6) is 11.5 Å². The molecule has 0 spiro atoms. The number of carbonyl (C=O) groups is 1. The molecular weight excluding hydrogens is 461 g/mol. The van der Waals surface area contributed by atoms with Gasteiger partial charge in [-0.05, 0) is 48.0 Å². The summed E-state index contributed by atoms with van der Waals surface area (Å²) in [6.07, 6.45) is 0.231. The molecule has 0 aromatic heterocycles. The molecule has 0 atom stereocenters. The van der Waals surface area contributed by atoms with Gasteiger partial charge in [-0.1, -0.05) is 18.2 Å². The molecular formula is C24H20FN3O5S. The molecule has 0 radical (unpaired) electrons. The molecule has 0 saturated heterocycles. The number of nitrogens with one attached hydrogen (secondary N) is 1. The van der Waals surface area contributed by atoms with E-state index in [1.54, 1.807) is 24.3 Å². The zero-order chi connectivity index (χ0) is 24.1. The van der Waals surface area contributed by atoms with Gasteiger partial charge in [0.05, 0.1) is 23.1 Å². The van der Waals surface area contributed by atoms with Crippen LogP contribution in [0.3, 0.4) is 0 Å². The third-order valence-electron chi connectivity index (χ3n) is 5.01. The minimum Gasteiger partial charge on any atom is -0.486 e. The van der Waals surface area contributed by atoms with Crippen molar-refractivity contribution in [1.29, 1.82) is 5.26 Å². The van der Waals surface area contributed by atoms with Gasteiger partial charge in [-0.25, -0.2) is 12.8 Å².